The molecule has 2 bridgehead atoms. The maximum absolute atomic E-state index is 9.96. The minimum atomic E-state index is 0.171. The van der Waals surface area contributed by atoms with Gasteiger partial charge in [0.05, 0.1) is 0 Å². The highest BCUT2D eigenvalue weighted by molar-refractivity contribution is 5.44. The highest BCUT2D eigenvalue weighted by Gasteiger charge is 2.49. The Morgan fingerprint density at radius 3 is 2.67 bits per heavy atom. The summed E-state index contributed by atoms with van der Waals surface area (Å²) in [5, 5.41) is 9.96. The van der Waals surface area contributed by atoms with Crippen molar-refractivity contribution in [3.63, 3.8) is 0 Å². The van der Waals surface area contributed by atoms with Gasteiger partial charge >= 0.3 is 0 Å². The number of phenolic OH excluding ortho intramolecular Hbond substituents is 1. The third kappa shape index (κ3) is 2.28. The van der Waals surface area contributed by atoms with Crippen LogP contribution in [0.15, 0.2) is 48.5 Å². The molecule has 1 aliphatic carbocycles. The van der Waals surface area contributed by atoms with Gasteiger partial charge in [0.1, 0.15) is 5.75 Å². The molecule has 2 nitrogen and oxygen atoms in total. The summed E-state index contributed by atoms with van der Waals surface area (Å²) in [7, 11) is 0. The van der Waals surface area contributed by atoms with Crippen molar-refractivity contribution in [1.29, 1.82) is 0 Å². The van der Waals surface area contributed by atoms with Gasteiger partial charge in [0, 0.05) is 12.1 Å². The first-order valence-electron chi connectivity index (χ1n) is 9.14. The number of nitrogens with zero attached hydrogens (tertiary/aromatic N) is 1. The second kappa shape index (κ2) is 5.63. The van der Waals surface area contributed by atoms with E-state index >= 15 is 0 Å². The van der Waals surface area contributed by atoms with Gasteiger partial charge < -0.3 is 5.11 Å². The second-order valence-corrected chi connectivity index (χ2v) is 7.89. The van der Waals surface area contributed by atoms with Crippen LogP contribution in [0.25, 0.3) is 0 Å². The van der Waals surface area contributed by atoms with Crippen molar-refractivity contribution >= 4 is 0 Å². The second-order valence-electron chi connectivity index (χ2n) is 7.89. The van der Waals surface area contributed by atoms with Gasteiger partial charge in [0.2, 0.25) is 0 Å². The first-order valence-corrected chi connectivity index (χ1v) is 9.14. The van der Waals surface area contributed by atoms with Gasteiger partial charge in [-0.3, -0.25) is 4.90 Å². The molecular formula is C22H27NO. The molecule has 1 fully saturated rings. The summed E-state index contributed by atoms with van der Waals surface area (Å²) >= 11 is 0. The third-order valence-electron chi connectivity index (χ3n) is 6.81. The number of benzene rings is 2. The molecule has 1 aliphatic heterocycles. The molecule has 0 radical (unpaired) electrons. The topological polar surface area (TPSA) is 23.5 Å². The summed E-state index contributed by atoms with van der Waals surface area (Å²) in [6.45, 7) is 8.27. The normalized spacial score (nSPS) is 30.6. The smallest absolute Gasteiger partial charge is 0.115 e. The first kappa shape index (κ1) is 15.7. The van der Waals surface area contributed by atoms with Crippen LogP contribution in [0.5, 0.6) is 5.75 Å². The number of rotatable bonds is 2. The van der Waals surface area contributed by atoms with E-state index in [9.17, 15) is 5.11 Å². The predicted octanol–water partition coefficient (Wildman–Crippen LogP) is 4.68. The zero-order valence-electron chi connectivity index (χ0n) is 14.9. The lowest BCUT2D eigenvalue weighted by Crippen LogP contribution is -2.58. The van der Waals surface area contributed by atoms with Crippen LogP contribution in [-0.4, -0.2) is 22.6 Å². The SMILES string of the molecule is C[C@H](c1ccccc1)N1CC[C@@]2(C)c3cc(O)ccc3C[C@H]1[C@@H]2C. The Hall–Kier alpha value is -1.80. The van der Waals surface area contributed by atoms with Crippen LogP contribution >= 0.6 is 0 Å². The van der Waals surface area contributed by atoms with E-state index < -0.39 is 0 Å². The molecule has 0 saturated carbocycles. The lowest BCUT2D eigenvalue weighted by molar-refractivity contribution is 0.00554. The Bertz CT molecular complexity index is 741. The molecule has 0 unspecified atom stereocenters. The van der Waals surface area contributed by atoms with Crippen molar-refractivity contribution in [2.45, 2.75) is 51.1 Å². The van der Waals surface area contributed by atoms with Crippen LogP contribution in [0, 0.1) is 5.92 Å². The number of fused-ring (bicyclic) bond motifs is 4. The van der Waals surface area contributed by atoms with Crippen LogP contribution in [0.4, 0.5) is 0 Å². The van der Waals surface area contributed by atoms with E-state index in [2.05, 4.69) is 62.1 Å². The minimum absolute atomic E-state index is 0.171. The van der Waals surface area contributed by atoms with E-state index in [0.29, 0.717) is 23.8 Å². The van der Waals surface area contributed by atoms with Crippen molar-refractivity contribution in [2.75, 3.05) is 6.54 Å². The van der Waals surface area contributed by atoms with Gasteiger partial charge in [-0.1, -0.05) is 50.2 Å². The van der Waals surface area contributed by atoms with Gasteiger partial charge in [-0.2, -0.15) is 0 Å². The standard InChI is InChI=1S/C22H27NO/c1-15-21-13-18-9-10-19(24)14-20(18)22(15,3)11-12-23(21)16(2)17-7-5-4-6-8-17/h4-10,14-16,21,24H,11-13H2,1-3H3/t15-,16+,21-,22+/m0/s1. The average molecular weight is 321 g/mol. The molecule has 4 atom stereocenters. The Kier molecular flexibility index (Phi) is 3.69. The molecule has 0 amide bonds. The van der Waals surface area contributed by atoms with Gasteiger partial charge in [0.25, 0.3) is 0 Å². The molecule has 2 heteroatoms. The molecular weight excluding hydrogens is 294 g/mol. The summed E-state index contributed by atoms with van der Waals surface area (Å²) in [5.41, 5.74) is 4.37. The van der Waals surface area contributed by atoms with E-state index in [-0.39, 0.29) is 5.41 Å². The minimum Gasteiger partial charge on any atom is -0.508 e. The first-order chi connectivity index (χ1) is 11.5. The monoisotopic (exact) mass is 321 g/mol. The van der Waals surface area contributed by atoms with E-state index in [1.165, 1.54) is 16.7 Å². The summed E-state index contributed by atoms with van der Waals surface area (Å²) in [5.74, 6) is 0.993. The average Bonchev–Trinajstić information content (AvgIpc) is 2.59. The van der Waals surface area contributed by atoms with Crippen LogP contribution in [0.2, 0.25) is 0 Å². The molecule has 2 aromatic carbocycles. The fraction of sp³-hybridized carbons (Fsp3) is 0.455. The fourth-order valence-corrected chi connectivity index (χ4v) is 5.04. The van der Waals surface area contributed by atoms with Crippen molar-refractivity contribution in [3.8, 4) is 5.75 Å². The molecule has 126 valence electrons. The number of aromatic hydroxyl groups is 1. The Balaban J connectivity index is 1.71. The Morgan fingerprint density at radius 1 is 1.17 bits per heavy atom. The third-order valence-corrected chi connectivity index (χ3v) is 6.81. The number of phenols is 1. The zero-order valence-corrected chi connectivity index (χ0v) is 14.9. The molecule has 0 spiro atoms. The quantitative estimate of drug-likeness (QED) is 0.868. The molecule has 2 aromatic rings. The van der Waals surface area contributed by atoms with Gasteiger partial charge in [-0.15, -0.1) is 0 Å². The summed E-state index contributed by atoms with van der Waals surface area (Å²) in [4.78, 5) is 2.71. The number of likely N-dealkylation sites (tertiary alicyclic amines) is 1. The van der Waals surface area contributed by atoms with Crippen LogP contribution in [-0.2, 0) is 11.8 Å². The summed E-state index contributed by atoms with van der Waals surface area (Å²) in [6, 6.07) is 17.9. The largest absolute Gasteiger partial charge is 0.508 e. The number of hydrogen-bond acceptors (Lipinski definition) is 2. The maximum Gasteiger partial charge on any atom is 0.115 e. The van der Waals surface area contributed by atoms with Gasteiger partial charge in [-0.05, 0) is 66.5 Å². The molecule has 2 aliphatic rings. The fourth-order valence-electron chi connectivity index (χ4n) is 5.04. The number of piperidine rings is 1. The maximum atomic E-state index is 9.96. The Labute approximate surface area is 145 Å². The lowest BCUT2D eigenvalue weighted by Gasteiger charge is -2.56. The molecule has 1 saturated heterocycles. The zero-order chi connectivity index (χ0) is 16.9. The van der Waals surface area contributed by atoms with Crippen LogP contribution < -0.4 is 0 Å². The molecule has 1 N–H and O–H groups in total. The van der Waals surface area contributed by atoms with Crippen molar-refractivity contribution in [1.82, 2.24) is 4.90 Å². The van der Waals surface area contributed by atoms with E-state index in [0.717, 1.165) is 19.4 Å². The molecule has 0 aromatic heterocycles. The number of hydrogen-bond donors (Lipinski definition) is 1. The molecule has 24 heavy (non-hydrogen) atoms. The summed E-state index contributed by atoms with van der Waals surface area (Å²) in [6.07, 6.45) is 2.24. The van der Waals surface area contributed by atoms with Crippen molar-refractivity contribution in [3.05, 3.63) is 65.2 Å². The van der Waals surface area contributed by atoms with E-state index in [1.807, 2.05) is 12.1 Å². The van der Waals surface area contributed by atoms with Gasteiger partial charge in [-0.25, -0.2) is 0 Å². The Morgan fingerprint density at radius 2 is 1.92 bits per heavy atom. The molecule has 4 rings (SSSR count). The summed E-state index contributed by atoms with van der Waals surface area (Å²) < 4.78 is 0. The lowest BCUT2D eigenvalue weighted by atomic mass is 9.58. The highest BCUT2D eigenvalue weighted by atomic mass is 16.3. The van der Waals surface area contributed by atoms with E-state index in [1.54, 1.807) is 0 Å². The van der Waals surface area contributed by atoms with Gasteiger partial charge in [0.15, 0.2) is 0 Å². The van der Waals surface area contributed by atoms with Crippen molar-refractivity contribution < 1.29 is 5.11 Å². The van der Waals surface area contributed by atoms with Crippen LogP contribution in [0.3, 0.4) is 0 Å². The van der Waals surface area contributed by atoms with Crippen LogP contribution in [0.1, 0.15) is 49.9 Å². The highest BCUT2D eigenvalue weighted by Crippen LogP contribution is 2.50. The predicted molar refractivity (Wildman–Crippen MR) is 98.3 cm³/mol. The van der Waals surface area contributed by atoms with Crippen molar-refractivity contribution in [2.24, 2.45) is 5.92 Å². The molecule has 1 heterocycles. The van der Waals surface area contributed by atoms with E-state index in [4.69, 9.17) is 0 Å².